The van der Waals surface area contributed by atoms with Crippen LogP contribution in [-0.2, 0) is 9.84 Å². The van der Waals surface area contributed by atoms with Crippen LogP contribution in [0.15, 0.2) is 23.5 Å². The Morgan fingerprint density at radius 1 is 1.33 bits per heavy atom. The third-order valence-electron chi connectivity index (χ3n) is 3.23. The van der Waals surface area contributed by atoms with Crippen molar-refractivity contribution in [1.29, 1.82) is 0 Å². The zero-order chi connectivity index (χ0) is 15.5. The van der Waals surface area contributed by atoms with Crippen molar-refractivity contribution in [1.82, 2.24) is 9.88 Å². The first kappa shape index (κ1) is 15.2. The van der Waals surface area contributed by atoms with Crippen molar-refractivity contribution in [3.8, 4) is 0 Å². The Morgan fingerprint density at radius 3 is 2.71 bits per heavy atom. The molecule has 0 atom stereocenters. The summed E-state index contributed by atoms with van der Waals surface area (Å²) in [5.41, 5.74) is 6.01. The van der Waals surface area contributed by atoms with Crippen molar-refractivity contribution < 1.29 is 18.4 Å². The lowest BCUT2D eigenvalue weighted by atomic mass is 10.2. The van der Waals surface area contributed by atoms with E-state index in [2.05, 4.69) is 10.1 Å². The minimum Gasteiger partial charge on any atom is -0.409 e. The topological polar surface area (TPSA) is 126 Å². The largest absolute Gasteiger partial charge is 0.409 e. The van der Waals surface area contributed by atoms with Gasteiger partial charge in [-0.3, -0.25) is 9.78 Å². The van der Waals surface area contributed by atoms with Crippen LogP contribution >= 0.6 is 0 Å². The molecule has 21 heavy (non-hydrogen) atoms. The second-order valence-electron chi connectivity index (χ2n) is 4.71. The third kappa shape index (κ3) is 3.69. The zero-order valence-electron chi connectivity index (χ0n) is 11.3. The molecule has 1 aliphatic heterocycles. The highest BCUT2D eigenvalue weighted by Crippen LogP contribution is 2.09. The van der Waals surface area contributed by atoms with Gasteiger partial charge in [0.2, 0.25) is 0 Å². The number of amidine groups is 1. The summed E-state index contributed by atoms with van der Waals surface area (Å²) in [5, 5.41) is 11.4. The summed E-state index contributed by atoms with van der Waals surface area (Å²) >= 11 is 0. The van der Waals surface area contributed by atoms with Gasteiger partial charge in [-0.05, 0) is 18.6 Å². The fourth-order valence-corrected chi connectivity index (χ4v) is 3.30. The maximum atomic E-state index is 12.3. The Bertz CT molecular complexity index is 654. The molecule has 3 N–H and O–H groups in total. The lowest BCUT2D eigenvalue weighted by molar-refractivity contribution is 0.0762. The Morgan fingerprint density at radius 2 is 2.10 bits per heavy atom. The van der Waals surface area contributed by atoms with Gasteiger partial charge in [0, 0.05) is 24.8 Å². The highest BCUT2D eigenvalue weighted by atomic mass is 32.2. The van der Waals surface area contributed by atoms with E-state index >= 15 is 0 Å². The van der Waals surface area contributed by atoms with Gasteiger partial charge in [0.05, 0.1) is 11.5 Å². The van der Waals surface area contributed by atoms with Crippen molar-refractivity contribution in [3.05, 3.63) is 29.6 Å². The predicted molar refractivity (Wildman–Crippen MR) is 75.9 cm³/mol. The molecular formula is C12H16N4O4S. The van der Waals surface area contributed by atoms with E-state index in [1.807, 2.05) is 0 Å². The fraction of sp³-hybridized carbons (Fsp3) is 0.417. The van der Waals surface area contributed by atoms with Gasteiger partial charge in [-0.15, -0.1) is 0 Å². The van der Waals surface area contributed by atoms with E-state index in [0.717, 1.165) is 0 Å². The van der Waals surface area contributed by atoms with Gasteiger partial charge in [0.25, 0.3) is 5.91 Å². The van der Waals surface area contributed by atoms with Crippen LogP contribution in [0.1, 0.15) is 22.5 Å². The Balaban J connectivity index is 2.13. The van der Waals surface area contributed by atoms with Gasteiger partial charge < -0.3 is 15.8 Å². The summed E-state index contributed by atoms with van der Waals surface area (Å²) in [6.45, 7) is 0.562. The molecule has 1 aromatic heterocycles. The van der Waals surface area contributed by atoms with Crippen LogP contribution < -0.4 is 5.73 Å². The van der Waals surface area contributed by atoms with Crippen LogP contribution in [0.25, 0.3) is 0 Å². The number of hydrogen-bond acceptors (Lipinski definition) is 6. The highest BCUT2D eigenvalue weighted by Gasteiger charge is 2.23. The van der Waals surface area contributed by atoms with Crippen molar-refractivity contribution >= 4 is 21.6 Å². The molecule has 1 aliphatic rings. The van der Waals surface area contributed by atoms with E-state index in [1.54, 1.807) is 0 Å². The molecule has 0 aromatic carbocycles. The van der Waals surface area contributed by atoms with Crippen LogP contribution in [0.5, 0.6) is 0 Å². The molecule has 1 fully saturated rings. The molecule has 8 nitrogen and oxygen atoms in total. The van der Waals surface area contributed by atoms with Gasteiger partial charge in [0.1, 0.15) is 5.69 Å². The quantitative estimate of drug-likeness (QED) is 0.326. The number of carbonyl (C=O) groups excluding carboxylic acids is 1. The number of pyridine rings is 1. The van der Waals surface area contributed by atoms with Crippen molar-refractivity contribution in [2.45, 2.75) is 6.42 Å². The SMILES string of the molecule is N/C(=N/O)c1ccc(C(=O)N2CCCS(=O)(=O)CC2)nc1. The molecule has 0 saturated carbocycles. The summed E-state index contributed by atoms with van der Waals surface area (Å²) in [6, 6.07) is 2.99. The number of sulfone groups is 1. The number of rotatable bonds is 2. The second kappa shape index (κ2) is 6.08. The number of oxime groups is 1. The van der Waals surface area contributed by atoms with E-state index in [1.165, 1.54) is 23.2 Å². The summed E-state index contributed by atoms with van der Waals surface area (Å²) in [7, 11) is -3.06. The normalized spacial score (nSPS) is 19.0. The number of aromatic nitrogens is 1. The van der Waals surface area contributed by atoms with Crippen molar-refractivity contribution in [2.75, 3.05) is 24.6 Å². The van der Waals surface area contributed by atoms with Crippen LogP contribution in [0.3, 0.4) is 0 Å². The minimum absolute atomic E-state index is 0.0268. The monoisotopic (exact) mass is 312 g/mol. The molecule has 1 saturated heterocycles. The molecule has 9 heteroatoms. The summed E-state index contributed by atoms with van der Waals surface area (Å²) in [6.07, 6.45) is 1.76. The summed E-state index contributed by atoms with van der Waals surface area (Å²) in [5.74, 6) is -0.339. The first-order valence-corrected chi connectivity index (χ1v) is 8.19. The molecule has 0 spiro atoms. The standard InChI is InChI=1S/C12H16N4O4S/c13-11(15-18)9-2-3-10(14-8-9)12(17)16-4-1-6-21(19,20)7-5-16/h2-3,8,18H,1,4-7H2,(H2,13,15). The summed E-state index contributed by atoms with van der Waals surface area (Å²) in [4.78, 5) is 17.7. The maximum absolute atomic E-state index is 12.3. The van der Waals surface area contributed by atoms with Crippen molar-refractivity contribution in [3.63, 3.8) is 0 Å². The second-order valence-corrected chi connectivity index (χ2v) is 7.02. The predicted octanol–water partition coefficient (Wildman–Crippen LogP) is -0.563. The average Bonchev–Trinajstić information content (AvgIpc) is 2.66. The van der Waals surface area contributed by atoms with E-state index in [-0.39, 0.29) is 35.5 Å². The van der Waals surface area contributed by atoms with Crippen molar-refractivity contribution in [2.24, 2.45) is 10.9 Å². The summed E-state index contributed by atoms with van der Waals surface area (Å²) < 4.78 is 23.0. The van der Waals surface area contributed by atoms with Crippen LogP contribution in [0.2, 0.25) is 0 Å². The van der Waals surface area contributed by atoms with Crippen LogP contribution in [0.4, 0.5) is 0 Å². The molecular weight excluding hydrogens is 296 g/mol. The number of amides is 1. The third-order valence-corrected chi connectivity index (χ3v) is 4.94. The Kier molecular flexibility index (Phi) is 4.41. The van der Waals surface area contributed by atoms with Crippen LogP contribution in [0, 0.1) is 0 Å². The lowest BCUT2D eigenvalue weighted by Crippen LogP contribution is -2.34. The van der Waals surface area contributed by atoms with Gasteiger partial charge in [0.15, 0.2) is 15.7 Å². The molecule has 1 amide bonds. The number of nitrogens with zero attached hydrogens (tertiary/aromatic N) is 3. The number of hydrogen-bond donors (Lipinski definition) is 2. The molecule has 2 rings (SSSR count). The van der Waals surface area contributed by atoms with E-state index < -0.39 is 9.84 Å². The molecule has 0 aliphatic carbocycles. The maximum Gasteiger partial charge on any atom is 0.272 e. The first-order valence-electron chi connectivity index (χ1n) is 6.36. The Hall–Kier alpha value is -2.16. The molecule has 0 bridgehead atoms. The van der Waals surface area contributed by atoms with E-state index in [9.17, 15) is 13.2 Å². The molecule has 114 valence electrons. The average molecular weight is 312 g/mol. The molecule has 2 heterocycles. The Labute approximate surface area is 122 Å². The van der Waals surface area contributed by atoms with Gasteiger partial charge in [-0.1, -0.05) is 5.16 Å². The van der Waals surface area contributed by atoms with Crippen LogP contribution in [-0.4, -0.2) is 59.8 Å². The molecule has 0 unspecified atom stereocenters. The lowest BCUT2D eigenvalue weighted by Gasteiger charge is -2.19. The van der Waals surface area contributed by atoms with Gasteiger partial charge in [-0.2, -0.15) is 0 Å². The fourth-order valence-electron chi connectivity index (χ4n) is 2.03. The molecule has 1 aromatic rings. The van der Waals surface area contributed by atoms with E-state index in [4.69, 9.17) is 10.9 Å². The first-order chi connectivity index (χ1) is 9.93. The number of carbonyl (C=O) groups is 1. The van der Waals surface area contributed by atoms with Gasteiger partial charge >= 0.3 is 0 Å². The minimum atomic E-state index is -3.06. The molecule has 0 radical (unpaired) electrons. The smallest absolute Gasteiger partial charge is 0.272 e. The highest BCUT2D eigenvalue weighted by molar-refractivity contribution is 7.91. The van der Waals surface area contributed by atoms with E-state index in [0.29, 0.717) is 18.5 Å². The van der Waals surface area contributed by atoms with Gasteiger partial charge in [-0.25, -0.2) is 8.42 Å². The zero-order valence-corrected chi connectivity index (χ0v) is 12.1. The number of nitrogens with two attached hydrogens (primary N) is 1.